The molecule has 3 N–H and O–H groups in total. The van der Waals surface area contributed by atoms with Gasteiger partial charge in [-0.2, -0.15) is 0 Å². The van der Waals surface area contributed by atoms with Crippen LogP contribution in [0.1, 0.15) is 44.7 Å². The van der Waals surface area contributed by atoms with Crippen molar-refractivity contribution in [1.82, 2.24) is 10.2 Å². The molecule has 138 valence electrons. The fourth-order valence-corrected chi connectivity index (χ4v) is 3.35. The number of ether oxygens (including phenoxy) is 1. The van der Waals surface area contributed by atoms with Crippen molar-refractivity contribution in [2.24, 2.45) is 11.7 Å². The Bertz CT molecular complexity index is 586. The number of benzene rings is 1. The first kappa shape index (κ1) is 19.2. The smallest absolute Gasteiger partial charge is 0.234 e. The van der Waals surface area contributed by atoms with Gasteiger partial charge in [0.05, 0.1) is 25.7 Å². The van der Waals surface area contributed by atoms with E-state index in [0.29, 0.717) is 0 Å². The Hall–Kier alpha value is -2.08. The van der Waals surface area contributed by atoms with Crippen molar-refractivity contribution >= 4 is 11.8 Å². The highest BCUT2D eigenvalue weighted by atomic mass is 16.5. The second kappa shape index (κ2) is 8.85. The van der Waals surface area contributed by atoms with Gasteiger partial charge in [-0.25, -0.2) is 0 Å². The molecule has 25 heavy (non-hydrogen) atoms. The molecule has 2 amide bonds. The van der Waals surface area contributed by atoms with Gasteiger partial charge in [0.2, 0.25) is 11.8 Å². The number of hydrogen-bond donors (Lipinski definition) is 2. The molecule has 0 radical (unpaired) electrons. The third kappa shape index (κ3) is 5.19. The number of hydrogen-bond acceptors (Lipinski definition) is 4. The van der Waals surface area contributed by atoms with Gasteiger partial charge in [0.1, 0.15) is 5.75 Å². The van der Waals surface area contributed by atoms with Crippen molar-refractivity contribution in [2.75, 3.05) is 20.2 Å². The maximum atomic E-state index is 12.6. The quantitative estimate of drug-likeness (QED) is 0.788. The molecule has 2 unspecified atom stereocenters. The van der Waals surface area contributed by atoms with Crippen LogP contribution < -0.4 is 15.8 Å². The molecular formula is C19H29N3O3. The molecule has 1 aliphatic rings. The van der Waals surface area contributed by atoms with Gasteiger partial charge < -0.3 is 15.8 Å². The lowest BCUT2D eigenvalue weighted by molar-refractivity contribution is -0.128. The van der Waals surface area contributed by atoms with Crippen LogP contribution in [0.3, 0.4) is 0 Å². The van der Waals surface area contributed by atoms with Crippen LogP contribution in [-0.4, -0.2) is 43.0 Å². The van der Waals surface area contributed by atoms with Crippen molar-refractivity contribution in [1.29, 1.82) is 0 Å². The highest BCUT2D eigenvalue weighted by Crippen LogP contribution is 2.24. The molecule has 1 fully saturated rings. The Morgan fingerprint density at radius 3 is 2.52 bits per heavy atom. The Morgan fingerprint density at radius 1 is 1.28 bits per heavy atom. The molecule has 1 saturated heterocycles. The number of carbonyl (C=O) groups is 2. The lowest BCUT2D eigenvalue weighted by Crippen LogP contribution is -2.51. The number of nitrogens with one attached hydrogen (secondary N) is 1. The van der Waals surface area contributed by atoms with Crippen LogP contribution in [0.15, 0.2) is 24.3 Å². The third-order valence-corrected chi connectivity index (χ3v) is 4.75. The van der Waals surface area contributed by atoms with Crippen LogP contribution in [0.25, 0.3) is 0 Å². The van der Waals surface area contributed by atoms with Crippen molar-refractivity contribution < 1.29 is 14.3 Å². The van der Waals surface area contributed by atoms with E-state index in [1.165, 1.54) is 0 Å². The Labute approximate surface area is 149 Å². The number of methoxy groups -OCH3 is 1. The number of carbonyl (C=O) groups excluding carboxylic acids is 2. The van der Waals surface area contributed by atoms with Crippen LogP contribution in [0, 0.1) is 5.92 Å². The van der Waals surface area contributed by atoms with E-state index in [1.807, 2.05) is 29.2 Å². The lowest BCUT2D eigenvalue weighted by atomic mass is 9.95. The van der Waals surface area contributed by atoms with Gasteiger partial charge in [-0.1, -0.05) is 32.4 Å². The fraction of sp³-hybridized carbons (Fsp3) is 0.579. The molecule has 6 heteroatoms. The predicted octanol–water partition coefficient (Wildman–Crippen LogP) is 1.85. The third-order valence-electron chi connectivity index (χ3n) is 4.75. The lowest BCUT2D eigenvalue weighted by Gasteiger charge is -2.33. The average Bonchev–Trinajstić information content (AvgIpc) is 2.60. The first-order valence-corrected chi connectivity index (χ1v) is 8.89. The van der Waals surface area contributed by atoms with Crippen LogP contribution >= 0.6 is 0 Å². The predicted molar refractivity (Wildman–Crippen MR) is 97.1 cm³/mol. The van der Waals surface area contributed by atoms with E-state index >= 15 is 0 Å². The standard InChI is InChI=1S/C19H29N3O3/c1-13(2)18(14-7-9-15(25-3)10-8-14)21-17(23)12-22-11-5-4-6-16(22)19(20)24/h7-10,13,16,18H,4-6,11-12H2,1-3H3,(H2,20,24)(H,21,23). The molecule has 6 nitrogen and oxygen atoms in total. The van der Waals surface area contributed by atoms with Crippen LogP contribution in [0.2, 0.25) is 0 Å². The van der Waals surface area contributed by atoms with E-state index in [-0.39, 0.29) is 36.4 Å². The number of nitrogens with zero attached hydrogens (tertiary/aromatic N) is 1. The summed E-state index contributed by atoms with van der Waals surface area (Å²) in [4.78, 5) is 26.1. The summed E-state index contributed by atoms with van der Waals surface area (Å²) in [6, 6.07) is 7.30. The van der Waals surface area contributed by atoms with Gasteiger partial charge in [0, 0.05) is 0 Å². The van der Waals surface area contributed by atoms with E-state index in [2.05, 4.69) is 19.2 Å². The molecule has 0 spiro atoms. The zero-order valence-corrected chi connectivity index (χ0v) is 15.3. The minimum atomic E-state index is -0.344. The number of nitrogens with two attached hydrogens (primary N) is 1. The highest BCUT2D eigenvalue weighted by molar-refractivity contribution is 5.82. The van der Waals surface area contributed by atoms with Gasteiger partial charge >= 0.3 is 0 Å². The van der Waals surface area contributed by atoms with Crippen molar-refractivity contribution in [3.63, 3.8) is 0 Å². The molecule has 0 aliphatic carbocycles. The monoisotopic (exact) mass is 347 g/mol. The van der Waals surface area contributed by atoms with Gasteiger partial charge in [0.15, 0.2) is 0 Å². The van der Waals surface area contributed by atoms with Gasteiger partial charge in [-0.05, 0) is 43.0 Å². The number of likely N-dealkylation sites (tertiary alicyclic amines) is 1. The molecule has 0 aromatic heterocycles. The topological polar surface area (TPSA) is 84.7 Å². The number of amides is 2. The fourth-order valence-electron chi connectivity index (χ4n) is 3.35. The molecule has 1 aliphatic heterocycles. The number of rotatable bonds is 7. The van der Waals surface area contributed by atoms with Crippen molar-refractivity contribution in [3.8, 4) is 5.75 Å². The first-order chi connectivity index (χ1) is 11.9. The highest BCUT2D eigenvalue weighted by Gasteiger charge is 2.29. The molecular weight excluding hydrogens is 318 g/mol. The normalized spacial score (nSPS) is 19.4. The number of primary amides is 1. The van der Waals surface area contributed by atoms with Crippen LogP contribution in [0.4, 0.5) is 0 Å². The zero-order chi connectivity index (χ0) is 18.4. The van der Waals surface area contributed by atoms with E-state index < -0.39 is 0 Å². The summed E-state index contributed by atoms with van der Waals surface area (Å²) in [6.07, 6.45) is 2.70. The number of piperidine rings is 1. The summed E-state index contributed by atoms with van der Waals surface area (Å²) >= 11 is 0. The van der Waals surface area contributed by atoms with Gasteiger partial charge in [-0.15, -0.1) is 0 Å². The molecule has 0 saturated carbocycles. The molecule has 1 aromatic rings. The van der Waals surface area contributed by atoms with Crippen molar-refractivity contribution in [3.05, 3.63) is 29.8 Å². The SMILES string of the molecule is COc1ccc(C(NC(=O)CN2CCCCC2C(N)=O)C(C)C)cc1. The zero-order valence-electron chi connectivity index (χ0n) is 15.3. The largest absolute Gasteiger partial charge is 0.497 e. The average molecular weight is 347 g/mol. The molecule has 2 atom stereocenters. The van der Waals surface area contributed by atoms with Crippen LogP contribution in [-0.2, 0) is 9.59 Å². The van der Waals surface area contributed by atoms with E-state index in [4.69, 9.17) is 10.5 Å². The molecule has 1 aromatic carbocycles. The van der Waals surface area contributed by atoms with E-state index in [0.717, 1.165) is 37.1 Å². The maximum absolute atomic E-state index is 12.6. The Kier molecular flexibility index (Phi) is 6.82. The first-order valence-electron chi connectivity index (χ1n) is 8.89. The maximum Gasteiger partial charge on any atom is 0.234 e. The second-order valence-corrected chi connectivity index (χ2v) is 6.95. The summed E-state index contributed by atoms with van der Waals surface area (Å²) in [5.74, 6) is 0.603. The summed E-state index contributed by atoms with van der Waals surface area (Å²) in [6.45, 7) is 5.08. The summed E-state index contributed by atoms with van der Waals surface area (Å²) < 4.78 is 5.19. The van der Waals surface area contributed by atoms with E-state index in [9.17, 15) is 9.59 Å². The summed E-state index contributed by atoms with van der Waals surface area (Å²) in [5, 5.41) is 3.10. The minimum Gasteiger partial charge on any atom is -0.497 e. The Balaban J connectivity index is 2.03. The Morgan fingerprint density at radius 2 is 1.96 bits per heavy atom. The molecule has 0 bridgehead atoms. The van der Waals surface area contributed by atoms with Gasteiger partial charge in [-0.3, -0.25) is 14.5 Å². The molecule has 1 heterocycles. The van der Waals surface area contributed by atoms with Crippen LogP contribution in [0.5, 0.6) is 5.75 Å². The summed E-state index contributed by atoms with van der Waals surface area (Å²) in [7, 11) is 1.63. The van der Waals surface area contributed by atoms with Gasteiger partial charge in [0.25, 0.3) is 0 Å². The summed E-state index contributed by atoms with van der Waals surface area (Å²) in [5.41, 5.74) is 6.51. The van der Waals surface area contributed by atoms with Crippen molar-refractivity contribution in [2.45, 2.75) is 45.2 Å². The molecule has 2 rings (SSSR count). The van der Waals surface area contributed by atoms with E-state index in [1.54, 1.807) is 7.11 Å². The minimum absolute atomic E-state index is 0.0809. The second-order valence-electron chi connectivity index (χ2n) is 6.95.